The van der Waals surface area contributed by atoms with Gasteiger partial charge in [-0.05, 0) is 84.5 Å². The standard InChI is InChI=1S/C37H38N2O7/c1-20(40)45-19-28-26-6-7-27-33-24(13-25(41)15-31(33)44-3)17-37(11-10-21(16-37)12-22-4-9-32(38)39-18-22)34(27)36(26)46-35(28)23-5-8-29(42)30(14-23)43-2/h4-9,13-15,18,21,28,35,41-42H,10-12,16-17,19H2,1-3H3,(H2,38,39)/t21-,28-,35+,37+/m0/s1. The van der Waals surface area contributed by atoms with Crippen LogP contribution in [0, 0.1) is 5.92 Å². The van der Waals surface area contributed by atoms with Crippen LogP contribution in [0.15, 0.2) is 60.8 Å². The van der Waals surface area contributed by atoms with Gasteiger partial charge in [0.2, 0.25) is 0 Å². The Morgan fingerprint density at radius 1 is 1.07 bits per heavy atom. The number of fused-ring (bicyclic) bond motifs is 6. The lowest BCUT2D eigenvalue weighted by Crippen LogP contribution is -2.31. The van der Waals surface area contributed by atoms with Gasteiger partial charge in [-0.25, -0.2) is 4.98 Å². The molecule has 1 fully saturated rings. The molecule has 0 saturated heterocycles. The Morgan fingerprint density at radius 3 is 2.63 bits per heavy atom. The molecule has 1 saturated carbocycles. The molecule has 1 aliphatic heterocycles. The Balaban J connectivity index is 1.37. The van der Waals surface area contributed by atoms with E-state index >= 15 is 0 Å². The highest BCUT2D eigenvalue weighted by molar-refractivity contribution is 5.84. The number of esters is 1. The molecule has 3 aromatic carbocycles. The first-order valence-electron chi connectivity index (χ1n) is 15.6. The fourth-order valence-corrected chi connectivity index (χ4v) is 8.09. The topological polar surface area (TPSA) is 133 Å². The molecule has 0 amide bonds. The molecule has 3 aliphatic rings. The van der Waals surface area contributed by atoms with E-state index in [0.29, 0.717) is 23.2 Å². The lowest BCUT2D eigenvalue weighted by molar-refractivity contribution is -0.141. The number of phenolic OH excluding ortho intramolecular Hbond substituents is 2. The van der Waals surface area contributed by atoms with Crippen molar-refractivity contribution in [3.05, 3.63) is 88.6 Å². The molecule has 0 bridgehead atoms. The van der Waals surface area contributed by atoms with Crippen LogP contribution in [0.3, 0.4) is 0 Å². The minimum Gasteiger partial charge on any atom is -0.508 e. The van der Waals surface area contributed by atoms with Crippen molar-refractivity contribution in [2.75, 3.05) is 26.6 Å². The summed E-state index contributed by atoms with van der Waals surface area (Å²) in [6.07, 6.45) is 5.89. The van der Waals surface area contributed by atoms with Gasteiger partial charge in [0, 0.05) is 41.3 Å². The summed E-state index contributed by atoms with van der Waals surface area (Å²) in [4.78, 5) is 16.3. The van der Waals surface area contributed by atoms with Gasteiger partial charge in [0.05, 0.1) is 20.1 Å². The van der Waals surface area contributed by atoms with Gasteiger partial charge in [-0.3, -0.25) is 4.79 Å². The molecule has 2 aliphatic carbocycles. The van der Waals surface area contributed by atoms with E-state index in [0.717, 1.165) is 76.8 Å². The van der Waals surface area contributed by atoms with Crippen LogP contribution in [0.4, 0.5) is 5.82 Å². The van der Waals surface area contributed by atoms with Crippen molar-refractivity contribution < 1.29 is 34.0 Å². The second kappa shape index (κ2) is 11.5. The summed E-state index contributed by atoms with van der Waals surface area (Å²) in [6.45, 7) is 1.55. The van der Waals surface area contributed by atoms with Crippen molar-refractivity contribution in [3.63, 3.8) is 0 Å². The number of phenols is 2. The van der Waals surface area contributed by atoms with Crippen LogP contribution in [0.2, 0.25) is 0 Å². The number of carbonyl (C=O) groups is 1. The number of rotatable bonds is 7. The summed E-state index contributed by atoms with van der Waals surface area (Å²) in [5, 5.41) is 21.0. The lowest BCUT2D eigenvalue weighted by Gasteiger charge is -2.39. The van der Waals surface area contributed by atoms with E-state index in [4.69, 9.17) is 24.7 Å². The van der Waals surface area contributed by atoms with Crippen molar-refractivity contribution in [1.82, 2.24) is 4.98 Å². The van der Waals surface area contributed by atoms with Gasteiger partial charge in [0.1, 0.15) is 35.8 Å². The number of benzene rings is 3. The maximum absolute atomic E-state index is 12.0. The Hall–Kier alpha value is -4.92. The summed E-state index contributed by atoms with van der Waals surface area (Å²) in [6, 6.07) is 16.8. The van der Waals surface area contributed by atoms with E-state index in [1.165, 1.54) is 14.0 Å². The molecule has 9 heteroatoms. The van der Waals surface area contributed by atoms with Gasteiger partial charge in [0.25, 0.3) is 0 Å². The molecule has 4 atom stereocenters. The number of nitrogens with zero attached hydrogens (tertiary/aromatic N) is 1. The first-order chi connectivity index (χ1) is 22.2. The summed E-state index contributed by atoms with van der Waals surface area (Å²) in [5.74, 6) is 2.25. The maximum atomic E-state index is 12.0. The average molecular weight is 623 g/mol. The monoisotopic (exact) mass is 622 g/mol. The van der Waals surface area contributed by atoms with Crippen LogP contribution in [0.1, 0.15) is 66.0 Å². The second-order valence-electron chi connectivity index (χ2n) is 12.8. The molecule has 46 heavy (non-hydrogen) atoms. The summed E-state index contributed by atoms with van der Waals surface area (Å²) < 4.78 is 23.9. The minimum atomic E-state index is -0.478. The highest BCUT2D eigenvalue weighted by atomic mass is 16.5. The highest BCUT2D eigenvalue weighted by Gasteiger charge is 2.50. The van der Waals surface area contributed by atoms with Crippen LogP contribution in [-0.4, -0.2) is 42.0 Å². The predicted octanol–water partition coefficient (Wildman–Crippen LogP) is 6.38. The normalized spacial score (nSPS) is 22.5. The molecule has 0 radical (unpaired) electrons. The summed E-state index contributed by atoms with van der Waals surface area (Å²) >= 11 is 0. The number of hydrogen-bond acceptors (Lipinski definition) is 9. The number of nitrogens with two attached hydrogens (primary N) is 1. The zero-order valence-electron chi connectivity index (χ0n) is 26.2. The van der Waals surface area contributed by atoms with Gasteiger partial charge < -0.3 is 34.9 Å². The molecule has 4 N–H and O–H groups in total. The fourth-order valence-electron chi connectivity index (χ4n) is 8.09. The van der Waals surface area contributed by atoms with Crippen LogP contribution in [-0.2, 0) is 27.8 Å². The quantitative estimate of drug-likeness (QED) is 0.201. The Bertz CT molecular complexity index is 1820. The summed E-state index contributed by atoms with van der Waals surface area (Å²) in [5.41, 5.74) is 12.7. The number of aromatic nitrogens is 1. The van der Waals surface area contributed by atoms with Crippen molar-refractivity contribution in [3.8, 4) is 39.9 Å². The average Bonchev–Trinajstić information content (AvgIpc) is 3.61. The second-order valence-corrected chi connectivity index (χ2v) is 12.8. The Kier molecular flexibility index (Phi) is 7.42. The molecule has 1 aromatic heterocycles. The number of hydrogen-bond donors (Lipinski definition) is 3. The van der Waals surface area contributed by atoms with E-state index in [1.54, 1.807) is 25.3 Å². The van der Waals surface area contributed by atoms with Crippen molar-refractivity contribution in [2.24, 2.45) is 5.92 Å². The van der Waals surface area contributed by atoms with Crippen LogP contribution >= 0.6 is 0 Å². The third-order valence-corrected chi connectivity index (χ3v) is 10.00. The zero-order valence-corrected chi connectivity index (χ0v) is 26.2. The summed E-state index contributed by atoms with van der Waals surface area (Å²) in [7, 11) is 3.14. The highest BCUT2D eigenvalue weighted by Crippen LogP contribution is 2.62. The maximum Gasteiger partial charge on any atom is 0.302 e. The molecule has 0 unspecified atom stereocenters. The van der Waals surface area contributed by atoms with E-state index in [9.17, 15) is 15.0 Å². The third-order valence-electron chi connectivity index (χ3n) is 10.00. The molecule has 9 nitrogen and oxygen atoms in total. The van der Waals surface area contributed by atoms with Gasteiger partial charge in [-0.1, -0.05) is 24.3 Å². The molecule has 2 heterocycles. The molecular formula is C37H38N2O7. The molecular weight excluding hydrogens is 584 g/mol. The van der Waals surface area contributed by atoms with E-state index in [-0.39, 0.29) is 35.4 Å². The largest absolute Gasteiger partial charge is 0.508 e. The smallest absolute Gasteiger partial charge is 0.302 e. The predicted molar refractivity (Wildman–Crippen MR) is 173 cm³/mol. The number of ether oxygens (including phenoxy) is 4. The van der Waals surface area contributed by atoms with Crippen molar-refractivity contribution in [2.45, 2.75) is 56.5 Å². The Labute approximate surface area is 267 Å². The third kappa shape index (κ3) is 5.04. The number of aromatic hydroxyl groups is 2. The van der Waals surface area contributed by atoms with Gasteiger partial charge >= 0.3 is 5.97 Å². The van der Waals surface area contributed by atoms with Gasteiger partial charge in [-0.15, -0.1) is 0 Å². The molecule has 4 aromatic rings. The SMILES string of the molecule is COc1cc([C@H]2Oc3c(ccc4c3[C@@]3(CC[C@@H](Cc5ccc(N)nc5)C3)Cc3cc(O)cc(OC)c3-4)[C@@H]2COC(C)=O)ccc1O. The van der Waals surface area contributed by atoms with Crippen LogP contribution in [0.25, 0.3) is 11.1 Å². The minimum absolute atomic E-state index is 0.0369. The zero-order chi connectivity index (χ0) is 32.2. The molecule has 1 spiro atoms. The van der Waals surface area contributed by atoms with Gasteiger partial charge in [-0.2, -0.15) is 0 Å². The lowest BCUT2D eigenvalue weighted by atomic mass is 9.65. The molecule has 7 rings (SSSR count). The number of anilines is 1. The molecule has 238 valence electrons. The number of carbonyl (C=O) groups excluding carboxylic acids is 1. The van der Waals surface area contributed by atoms with Crippen molar-refractivity contribution >= 4 is 11.8 Å². The first-order valence-corrected chi connectivity index (χ1v) is 15.6. The van der Waals surface area contributed by atoms with E-state index < -0.39 is 6.10 Å². The number of nitrogen functional groups attached to an aromatic ring is 1. The first kappa shape index (κ1) is 29.8. The van der Waals surface area contributed by atoms with Crippen molar-refractivity contribution in [1.29, 1.82) is 0 Å². The van der Waals surface area contributed by atoms with E-state index in [1.807, 2.05) is 24.4 Å². The Morgan fingerprint density at radius 2 is 1.89 bits per heavy atom. The van der Waals surface area contributed by atoms with Gasteiger partial charge in [0.15, 0.2) is 11.5 Å². The number of methoxy groups -OCH3 is 2. The number of pyridine rings is 1. The fraction of sp³-hybridized carbons (Fsp3) is 0.351. The van der Waals surface area contributed by atoms with Crippen LogP contribution < -0.4 is 19.9 Å². The van der Waals surface area contributed by atoms with Crippen LogP contribution in [0.5, 0.6) is 28.7 Å². The van der Waals surface area contributed by atoms with E-state index in [2.05, 4.69) is 23.2 Å².